The van der Waals surface area contributed by atoms with Crippen LogP contribution in [0.25, 0.3) is 0 Å². The standard InChI is InChI=1S/C14H23N5O/c1-2-18(9-11-3-4-11)14(20)13-10-19(17-16-13)12-5-7-15-8-6-12/h10-12,15H,2-9H2,1H3. The van der Waals surface area contributed by atoms with Crippen LogP contribution in [0.5, 0.6) is 0 Å². The van der Waals surface area contributed by atoms with Gasteiger partial charge in [-0.1, -0.05) is 5.21 Å². The molecule has 1 aromatic heterocycles. The molecule has 1 saturated carbocycles. The number of rotatable bonds is 5. The minimum absolute atomic E-state index is 0.0274. The molecule has 2 fully saturated rings. The Morgan fingerprint density at radius 2 is 2.15 bits per heavy atom. The second kappa shape index (κ2) is 5.91. The van der Waals surface area contributed by atoms with Crippen LogP contribution in [0.1, 0.15) is 49.1 Å². The maximum Gasteiger partial charge on any atom is 0.276 e. The van der Waals surface area contributed by atoms with E-state index in [-0.39, 0.29) is 5.91 Å². The molecule has 1 aromatic rings. The van der Waals surface area contributed by atoms with E-state index in [2.05, 4.69) is 15.6 Å². The van der Waals surface area contributed by atoms with Gasteiger partial charge in [-0.3, -0.25) is 4.79 Å². The van der Waals surface area contributed by atoms with Gasteiger partial charge in [0.2, 0.25) is 0 Å². The minimum Gasteiger partial charge on any atom is -0.337 e. The largest absolute Gasteiger partial charge is 0.337 e. The van der Waals surface area contributed by atoms with Crippen molar-refractivity contribution in [3.8, 4) is 0 Å². The Morgan fingerprint density at radius 1 is 1.40 bits per heavy atom. The van der Waals surface area contributed by atoms with Crippen molar-refractivity contribution in [1.29, 1.82) is 0 Å². The fraction of sp³-hybridized carbons (Fsp3) is 0.786. The Balaban J connectivity index is 1.66. The van der Waals surface area contributed by atoms with Gasteiger partial charge in [-0.2, -0.15) is 0 Å². The molecule has 0 bridgehead atoms. The first kappa shape index (κ1) is 13.5. The lowest BCUT2D eigenvalue weighted by Gasteiger charge is -2.22. The highest BCUT2D eigenvalue weighted by atomic mass is 16.2. The Hall–Kier alpha value is -1.43. The van der Waals surface area contributed by atoms with Gasteiger partial charge >= 0.3 is 0 Å². The third-order valence-corrected chi connectivity index (χ3v) is 4.26. The highest BCUT2D eigenvalue weighted by molar-refractivity contribution is 5.91. The van der Waals surface area contributed by atoms with Gasteiger partial charge in [-0.15, -0.1) is 5.10 Å². The van der Waals surface area contributed by atoms with Crippen molar-refractivity contribution in [2.75, 3.05) is 26.2 Å². The van der Waals surface area contributed by atoms with Crippen molar-refractivity contribution in [1.82, 2.24) is 25.2 Å². The fourth-order valence-electron chi connectivity index (χ4n) is 2.75. The number of nitrogens with one attached hydrogen (secondary N) is 1. The van der Waals surface area contributed by atoms with Crippen LogP contribution in [0.4, 0.5) is 0 Å². The number of nitrogens with zero attached hydrogens (tertiary/aromatic N) is 4. The maximum absolute atomic E-state index is 12.4. The van der Waals surface area contributed by atoms with Crippen LogP contribution >= 0.6 is 0 Å². The van der Waals surface area contributed by atoms with E-state index in [1.807, 2.05) is 22.7 Å². The summed E-state index contributed by atoms with van der Waals surface area (Å²) in [6.45, 7) is 5.66. The van der Waals surface area contributed by atoms with E-state index in [0.29, 0.717) is 17.7 Å². The number of hydrogen-bond acceptors (Lipinski definition) is 4. The van der Waals surface area contributed by atoms with Gasteiger partial charge in [0.1, 0.15) is 0 Å². The maximum atomic E-state index is 12.4. The lowest BCUT2D eigenvalue weighted by atomic mass is 10.1. The average Bonchev–Trinajstić information content (AvgIpc) is 3.18. The van der Waals surface area contributed by atoms with Gasteiger partial charge in [0.05, 0.1) is 12.2 Å². The predicted molar refractivity (Wildman–Crippen MR) is 75.5 cm³/mol. The van der Waals surface area contributed by atoms with Crippen molar-refractivity contribution in [2.24, 2.45) is 5.92 Å². The molecule has 0 radical (unpaired) electrons. The molecule has 1 amide bonds. The van der Waals surface area contributed by atoms with Crippen LogP contribution in [0.3, 0.4) is 0 Å². The number of aromatic nitrogens is 3. The van der Waals surface area contributed by atoms with E-state index in [1.54, 1.807) is 0 Å². The average molecular weight is 277 g/mol. The summed E-state index contributed by atoms with van der Waals surface area (Å²) in [5.74, 6) is 0.734. The second-order valence-corrected chi connectivity index (χ2v) is 5.85. The molecule has 1 aliphatic carbocycles. The van der Waals surface area contributed by atoms with Crippen LogP contribution in [0.15, 0.2) is 6.20 Å². The normalized spacial score (nSPS) is 20.1. The van der Waals surface area contributed by atoms with E-state index in [0.717, 1.165) is 39.0 Å². The molecular weight excluding hydrogens is 254 g/mol. The SMILES string of the molecule is CCN(CC1CC1)C(=O)c1cn(C2CCNCC2)nn1. The van der Waals surface area contributed by atoms with Crippen molar-refractivity contribution < 1.29 is 4.79 Å². The summed E-state index contributed by atoms with van der Waals surface area (Å²) >= 11 is 0. The molecular formula is C14H23N5O. The van der Waals surface area contributed by atoms with Gasteiger partial charge in [0.15, 0.2) is 5.69 Å². The fourth-order valence-corrected chi connectivity index (χ4v) is 2.75. The summed E-state index contributed by atoms with van der Waals surface area (Å²) in [4.78, 5) is 14.3. The highest BCUT2D eigenvalue weighted by Crippen LogP contribution is 2.30. The van der Waals surface area contributed by atoms with Crippen LogP contribution in [0, 0.1) is 5.92 Å². The molecule has 3 rings (SSSR count). The van der Waals surface area contributed by atoms with Gasteiger partial charge in [0.25, 0.3) is 5.91 Å². The van der Waals surface area contributed by atoms with Gasteiger partial charge < -0.3 is 10.2 Å². The van der Waals surface area contributed by atoms with E-state index >= 15 is 0 Å². The van der Waals surface area contributed by atoms with E-state index < -0.39 is 0 Å². The molecule has 20 heavy (non-hydrogen) atoms. The van der Waals surface area contributed by atoms with Gasteiger partial charge in [-0.05, 0) is 51.6 Å². The quantitative estimate of drug-likeness (QED) is 0.874. The highest BCUT2D eigenvalue weighted by Gasteiger charge is 2.28. The van der Waals surface area contributed by atoms with Crippen LogP contribution in [0.2, 0.25) is 0 Å². The topological polar surface area (TPSA) is 63.1 Å². The number of amides is 1. The Kier molecular flexibility index (Phi) is 4.00. The molecule has 0 spiro atoms. The monoisotopic (exact) mass is 277 g/mol. The first-order valence-electron chi connectivity index (χ1n) is 7.69. The number of hydrogen-bond donors (Lipinski definition) is 1. The Labute approximate surface area is 119 Å². The summed E-state index contributed by atoms with van der Waals surface area (Å²) in [7, 11) is 0. The van der Waals surface area contributed by atoms with Gasteiger partial charge in [0, 0.05) is 13.1 Å². The zero-order valence-electron chi connectivity index (χ0n) is 12.1. The molecule has 2 heterocycles. The van der Waals surface area contributed by atoms with Crippen molar-refractivity contribution >= 4 is 5.91 Å². The molecule has 0 atom stereocenters. The van der Waals surface area contributed by atoms with E-state index in [1.165, 1.54) is 12.8 Å². The lowest BCUT2D eigenvalue weighted by Crippen LogP contribution is -2.33. The molecule has 1 N–H and O–H groups in total. The minimum atomic E-state index is 0.0274. The zero-order chi connectivity index (χ0) is 13.9. The first-order valence-corrected chi connectivity index (χ1v) is 7.69. The molecule has 0 unspecified atom stereocenters. The third kappa shape index (κ3) is 3.00. The lowest BCUT2D eigenvalue weighted by molar-refractivity contribution is 0.0751. The summed E-state index contributed by atoms with van der Waals surface area (Å²) < 4.78 is 1.87. The molecule has 1 aliphatic heterocycles. The van der Waals surface area contributed by atoms with Crippen molar-refractivity contribution in [2.45, 2.75) is 38.6 Å². The summed E-state index contributed by atoms with van der Waals surface area (Å²) in [5, 5.41) is 11.6. The smallest absolute Gasteiger partial charge is 0.276 e. The number of carbonyl (C=O) groups excluding carboxylic acids is 1. The molecule has 2 aliphatic rings. The summed E-state index contributed by atoms with van der Waals surface area (Å²) in [5.41, 5.74) is 0.492. The van der Waals surface area contributed by atoms with Crippen LogP contribution < -0.4 is 5.32 Å². The second-order valence-electron chi connectivity index (χ2n) is 5.85. The Morgan fingerprint density at radius 3 is 2.80 bits per heavy atom. The summed E-state index contributed by atoms with van der Waals surface area (Å²) in [6, 6.07) is 0.379. The Bertz CT molecular complexity index is 462. The zero-order valence-corrected chi connectivity index (χ0v) is 12.1. The molecule has 6 nitrogen and oxygen atoms in total. The van der Waals surface area contributed by atoms with Crippen molar-refractivity contribution in [3.05, 3.63) is 11.9 Å². The molecule has 6 heteroatoms. The van der Waals surface area contributed by atoms with E-state index in [9.17, 15) is 4.79 Å². The third-order valence-electron chi connectivity index (χ3n) is 4.26. The van der Waals surface area contributed by atoms with Crippen LogP contribution in [-0.2, 0) is 0 Å². The number of carbonyl (C=O) groups is 1. The first-order chi connectivity index (χ1) is 9.78. The predicted octanol–water partition coefficient (Wildman–Crippen LogP) is 1.07. The molecule has 110 valence electrons. The van der Waals surface area contributed by atoms with Gasteiger partial charge in [-0.25, -0.2) is 4.68 Å². The van der Waals surface area contributed by atoms with Crippen molar-refractivity contribution in [3.63, 3.8) is 0 Å². The summed E-state index contributed by atoms with van der Waals surface area (Å²) in [6.07, 6.45) is 6.44. The number of piperidine rings is 1. The van der Waals surface area contributed by atoms with E-state index in [4.69, 9.17) is 0 Å². The molecule has 1 saturated heterocycles. The van der Waals surface area contributed by atoms with Crippen LogP contribution in [-0.4, -0.2) is 52.0 Å². The molecule has 0 aromatic carbocycles.